The van der Waals surface area contributed by atoms with Gasteiger partial charge in [-0.15, -0.1) is 0 Å². The third-order valence-corrected chi connectivity index (χ3v) is 5.62. The predicted octanol–water partition coefficient (Wildman–Crippen LogP) is 4.73. The third-order valence-electron chi connectivity index (χ3n) is 5.62. The van der Waals surface area contributed by atoms with E-state index in [0.29, 0.717) is 13.1 Å². The Bertz CT molecular complexity index is 1180. The number of amides is 1. The van der Waals surface area contributed by atoms with Crippen LogP contribution in [0.2, 0.25) is 0 Å². The molecule has 0 saturated heterocycles. The molecule has 1 aliphatic rings. The highest BCUT2D eigenvalue weighted by molar-refractivity contribution is 6.02. The van der Waals surface area contributed by atoms with Crippen LogP contribution in [0.3, 0.4) is 0 Å². The van der Waals surface area contributed by atoms with E-state index in [9.17, 15) is 14.4 Å². The van der Waals surface area contributed by atoms with Crippen LogP contribution >= 0.6 is 0 Å². The summed E-state index contributed by atoms with van der Waals surface area (Å²) in [4.78, 5) is 14.8. The highest BCUT2D eigenvalue weighted by Gasteiger charge is 2.23. The van der Waals surface area contributed by atoms with E-state index in [1.54, 1.807) is 23.1 Å². The summed E-state index contributed by atoms with van der Waals surface area (Å²) < 4.78 is 15.3. The van der Waals surface area contributed by atoms with Crippen LogP contribution in [0.15, 0.2) is 60.2 Å². The minimum atomic E-state index is -0.290. The number of aryl methyl sites for hydroxylation is 1. The number of rotatable bonds is 3. The Balaban J connectivity index is 1.63. The van der Waals surface area contributed by atoms with Gasteiger partial charge in [0.15, 0.2) is 0 Å². The van der Waals surface area contributed by atoms with E-state index in [1.807, 2.05) is 42.7 Å². The Kier molecular flexibility index (Phi) is 5.24. The van der Waals surface area contributed by atoms with Crippen molar-refractivity contribution in [2.24, 2.45) is 0 Å². The standard InChI is InChI=1S/C25H22FN3O/c1-17-13-21(18(2)29(17)24-9-7-23(26)8-10-24)14-22(15-27)25(30)28-12-11-19-5-3-4-6-20(19)16-28/h3-10,13-14H,11-12,16H2,1-2H3/b22-14-. The minimum absolute atomic E-state index is 0.119. The quantitative estimate of drug-likeness (QED) is 0.472. The van der Waals surface area contributed by atoms with Gasteiger partial charge in [-0.2, -0.15) is 5.26 Å². The molecule has 0 radical (unpaired) electrons. The first kappa shape index (κ1) is 19.7. The number of hydrogen-bond acceptors (Lipinski definition) is 2. The van der Waals surface area contributed by atoms with Gasteiger partial charge in [0.2, 0.25) is 0 Å². The van der Waals surface area contributed by atoms with Crippen molar-refractivity contribution >= 4 is 12.0 Å². The van der Waals surface area contributed by atoms with Gasteiger partial charge in [-0.3, -0.25) is 4.79 Å². The smallest absolute Gasteiger partial charge is 0.264 e. The van der Waals surface area contributed by atoms with Gasteiger partial charge in [0.05, 0.1) is 0 Å². The maximum absolute atomic E-state index is 13.3. The summed E-state index contributed by atoms with van der Waals surface area (Å²) in [6, 6.07) is 18.4. The fraction of sp³-hybridized carbons (Fsp3) is 0.200. The third kappa shape index (κ3) is 3.65. The average molecular weight is 399 g/mol. The van der Waals surface area contributed by atoms with E-state index in [-0.39, 0.29) is 17.3 Å². The summed E-state index contributed by atoms with van der Waals surface area (Å²) in [6.07, 6.45) is 2.45. The number of nitrogens with zero attached hydrogens (tertiary/aromatic N) is 3. The van der Waals surface area contributed by atoms with Crippen LogP contribution in [0.4, 0.5) is 4.39 Å². The van der Waals surface area contributed by atoms with Crippen LogP contribution in [0, 0.1) is 31.0 Å². The van der Waals surface area contributed by atoms with E-state index in [2.05, 4.69) is 12.1 Å². The Morgan fingerprint density at radius 3 is 2.50 bits per heavy atom. The molecule has 4 rings (SSSR count). The molecule has 150 valence electrons. The number of fused-ring (bicyclic) bond motifs is 1. The molecule has 2 heterocycles. The average Bonchev–Trinajstić information content (AvgIpc) is 3.04. The van der Waals surface area contributed by atoms with Crippen molar-refractivity contribution < 1.29 is 9.18 Å². The van der Waals surface area contributed by atoms with E-state index < -0.39 is 0 Å². The number of benzene rings is 2. The van der Waals surface area contributed by atoms with E-state index in [1.165, 1.54) is 17.7 Å². The number of halogens is 1. The van der Waals surface area contributed by atoms with Gasteiger partial charge in [-0.25, -0.2) is 4.39 Å². The van der Waals surface area contributed by atoms with Crippen LogP contribution in [-0.4, -0.2) is 21.9 Å². The molecule has 0 N–H and O–H groups in total. The number of carbonyl (C=O) groups excluding carboxylic acids is 1. The molecule has 30 heavy (non-hydrogen) atoms. The predicted molar refractivity (Wildman–Crippen MR) is 114 cm³/mol. The highest BCUT2D eigenvalue weighted by atomic mass is 19.1. The summed E-state index contributed by atoms with van der Waals surface area (Å²) >= 11 is 0. The lowest BCUT2D eigenvalue weighted by molar-refractivity contribution is -0.127. The lowest BCUT2D eigenvalue weighted by atomic mass is 9.99. The summed E-state index contributed by atoms with van der Waals surface area (Å²) in [5.74, 6) is -0.541. The molecular formula is C25H22FN3O. The van der Waals surface area contributed by atoms with E-state index in [4.69, 9.17) is 0 Å². The lowest BCUT2D eigenvalue weighted by Crippen LogP contribution is -2.36. The minimum Gasteiger partial charge on any atom is -0.333 e. The van der Waals surface area contributed by atoms with Crippen LogP contribution in [-0.2, 0) is 17.8 Å². The second-order valence-corrected chi connectivity index (χ2v) is 7.55. The monoisotopic (exact) mass is 399 g/mol. The molecule has 5 heteroatoms. The van der Waals surface area contributed by atoms with E-state index in [0.717, 1.165) is 34.6 Å². The van der Waals surface area contributed by atoms with Crippen molar-refractivity contribution in [1.29, 1.82) is 5.26 Å². The first-order chi connectivity index (χ1) is 14.5. The molecule has 1 amide bonds. The van der Waals surface area contributed by atoms with Crippen LogP contribution in [0.5, 0.6) is 0 Å². The Morgan fingerprint density at radius 1 is 1.10 bits per heavy atom. The second kappa shape index (κ2) is 8.00. The van der Waals surface area contributed by atoms with Crippen molar-refractivity contribution in [2.75, 3.05) is 6.54 Å². The van der Waals surface area contributed by atoms with Crippen molar-refractivity contribution in [3.05, 3.63) is 94.1 Å². The molecule has 4 nitrogen and oxygen atoms in total. The molecule has 0 aliphatic carbocycles. The molecule has 0 spiro atoms. The molecule has 0 unspecified atom stereocenters. The molecular weight excluding hydrogens is 377 g/mol. The Morgan fingerprint density at radius 2 is 1.80 bits per heavy atom. The second-order valence-electron chi connectivity index (χ2n) is 7.55. The molecule has 3 aromatic rings. The molecule has 1 aliphatic heterocycles. The SMILES string of the molecule is Cc1cc(/C=C(/C#N)C(=O)N2CCc3ccccc3C2)c(C)n1-c1ccc(F)cc1. The summed E-state index contributed by atoms with van der Waals surface area (Å²) in [6.45, 7) is 4.99. The van der Waals surface area contributed by atoms with Crippen molar-refractivity contribution in [1.82, 2.24) is 9.47 Å². The van der Waals surface area contributed by atoms with Gasteiger partial charge in [0.1, 0.15) is 17.5 Å². The van der Waals surface area contributed by atoms with Gasteiger partial charge in [-0.1, -0.05) is 24.3 Å². The van der Waals surface area contributed by atoms with Gasteiger partial charge >= 0.3 is 0 Å². The Labute approximate surface area is 175 Å². The molecule has 0 fully saturated rings. The van der Waals surface area contributed by atoms with Gasteiger partial charge in [-0.05, 0) is 73.4 Å². The van der Waals surface area contributed by atoms with Crippen LogP contribution < -0.4 is 0 Å². The maximum Gasteiger partial charge on any atom is 0.264 e. The summed E-state index contributed by atoms with van der Waals surface area (Å²) in [5, 5.41) is 9.68. The lowest BCUT2D eigenvalue weighted by Gasteiger charge is -2.28. The first-order valence-electron chi connectivity index (χ1n) is 9.90. The van der Waals surface area contributed by atoms with Crippen molar-refractivity contribution in [3.63, 3.8) is 0 Å². The molecule has 2 aromatic carbocycles. The number of hydrogen-bond donors (Lipinski definition) is 0. The zero-order valence-corrected chi connectivity index (χ0v) is 17.0. The van der Waals surface area contributed by atoms with Crippen molar-refractivity contribution in [2.45, 2.75) is 26.8 Å². The number of carbonyl (C=O) groups is 1. The van der Waals surface area contributed by atoms with Gasteiger partial charge in [0.25, 0.3) is 5.91 Å². The Hall–Kier alpha value is -3.65. The fourth-order valence-electron chi connectivity index (χ4n) is 4.06. The molecule has 0 bridgehead atoms. The number of nitriles is 1. The number of aromatic nitrogens is 1. The molecule has 0 saturated carbocycles. The zero-order chi connectivity index (χ0) is 21.3. The molecule has 1 aromatic heterocycles. The first-order valence-corrected chi connectivity index (χ1v) is 9.90. The summed E-state index contributed by atoms with van der Waals surface area (Å²) in [7, 11) is 0. The largest absolute Gasteiger partial charge is 0.333 e. The topological polar surface area (TPSA) is 49.0 Å². The van der Waals surface area contributed by atoms with Gasteiger partial charge in [0, 0.05) is 30.2 Å². The van der Waals surface area contributed by atoms with E-state index >= 15 is 0 Å². The van der Waals surface area contributed by atoms with Crippen LogP contribution in [0.1, 0.15) is 28.1 Å². The highest BCUT2D eigenvalue weighted by Crippen LogP contribution is 2.25. The summed E-state index contributed by atoms with van der Waals surface area (Å²) in [5.41, 5.74) is 5.98. The van der Waals surface area contributed by atoms with Crippen molar-refractivity contribution in [3.8, 4) is 11.8 Å². The zero-order valence-electron chi connectivity index (χ0n) is 17.0. The van der Waals surface area contributed by atoms with Gasteiger partial charge < -0.3 is 9.47 Å². The fourth-order valence-corrected chi connectivity index (χ4v) is 4.06. The maximum atomic E-state index is 13.3. The van der Waals surface area contributed by atoms with Crippen LogP contribution in [0.25, 0.3) is 11.8 Å². The molecule has 0 atom stereocenters. The normalized spacial score (nSPS) is 13.7.